The number of carbonyl (C=O) groups excluding carboxylic acids is 6. The van der Waals surface area contributed by atoms with Gasteiger partial charge in [-0.05, 0) is 86.4 Å². The zero-order valence-corrected chi connectivity index (χ0v) is 45.1. The second-order valence-electron chi connectivity index (χ2n) is 20.2. The Kier molecular flexibility index (Phi) is 19.3. The van der Waals surface area contributed by atoms with Gasteiger partial charge in [-0.3, -0.25) is 43.2 Å². The van der Waals surface area contributed by atoms with E-state index in [-0.39, 0.29) is 70.9 Å². The second-order valence-corrected chi connectivity index (χ2v) is 20.2. The Balaban J connectivity index is 0.000000173. The molecule has 0 atom stereocenters. The van der Waals surface area contributed by atoms with Crippen molar-refractivity contribution in [3.63, 3.8) is 0 Å². The van der Waals surface area contributed by atoms with Crippen molar-refractivity contribution in [1.29, 1.82) is 0 Å². The molecule has 21 heteroatoms. The fourth-order valence-electron chi connectivity index (χ4n) is 9.07. The van der Waals surface area contributed by atoms with Crippen molar-refractivity contribution < 1.29 is 42.7 Å². The molecule has 3 heterocycles. The molecule has 9 rings (SSSR count). The maximum absolute atomic E-state index is 13.0. The normalized spacial score (nSPS) is 16.0. The molecular weight excluding hydrogens is 1030 g/mol. The molecule has 0 unspecified atom stereocenters. The molecule has 19 nitrogen and oxygen atoms in total. The summed E-state index contributed by atoms with van der Waals surface area (Å²) in [7, 11) is 4.29. The van der Waals surface area contributed by atoms with Crippen LogP contribution in [0, 0.1) is 13.8 Å². The number of aliphatic hydroxyl groups excluding tert-OH is 1. The van der Waals surface area contributed by atoms with E-state index in [4.69, 9.17) is 0 Å². The molecule has 0 aliphatic heterocycles. The minimum atomic E-state index is -2.75. The lowest BCUT2D eigenvalue weighted by Crippen LogP contribution is -2.50. The summed E-state index contributed by atoms with van der Waals surface area (Å²) in [5.41, 5.74) is 3.78. The molecule has 0 spiro atoms. The van der Waals surface area contributed by atoms with Crippen LogP contribution < -0.4 is 48.6 Å². The van der Waals surface area contributed by atoms with Gasteiger partial charge < -0.3 is 50.7 Å². The van der Waals surface area contributed by atoms with Crippen LogP contribution in [0.3, 0.4) is 0 Å². The van der Waals surface area contributed by atoms with Gasteiger partial charge in [0.15, 0.2) is 0 Å². The predicted octanol–water partition coefficient (Wildman–Crippen LogP) is 4.45. The monoisotopic (exact) mass is 1100 g/mol. The minimum absolute atomic E-state index is 0.0240. The standard InChI is InChI=1S/C21H25N3O3.C19H19F2N3O3.C19H21N3O4/c1-13-7-8-14(2)15(9-13)11-24-12-16(19(25)23-17-5-4-6-17)10-18(21(24)27)20(26)22-3;1-22-17(26)15-7-13(16(25)23-14-8-19(20,21)9-14)11-24(18(15)27)10-12-5-3-2-4-6-12;1-20-18(25)16-7-13(17(24)21-14-8-15(23)9-14)11-22(19(16)26)10-12-5-3-2-4-6-12/h7-10,12,17H,4-6,11H2,1-3H3,(H,22,26)(H,23,25);2-7,11,14H,8-10H2,1H3,(H,22,26)(H,23,25);2-7,11,14-15,23H,8-10H2,1H3,(H,20,25)(H,21,24). The number of aryl methyl sites for hydroxylation is 2. The van der Waals surface area contributed by atoms with Crippen LogP contribution in [0.25, 0.3) is 0 Å². The number of carbonyl (C=O) groups is 6. The molecule has 3 aromatic heterocycles. The Morgan fingerprint density at radius 3 is 1.27 bits per heavy atom. The number of benzene rings is 3. The number of pyridine rings is 3. The molecule has 420 valence electrons. The van der Waals surface area contributed by atoms with E-state index in [9.17, 15) is 57.0 Å². The molecule has 7 N–H and O–H groups in total. The number of hydrogen-bond acceptors (Lipinski definition) is 10. The summed E-state index contributed by atoms with van der Waals surface area (Å²) in [6.07, 6.45) is 7.22. The fraction of sp³-hybridized carbons (Fsp3) is 0.339. The number of alkyl halides is 2. The number of aromatic nitrogens is 3. The van der Waals surface area contributed by atoms with Gasteiger partial charge in [0.2, 0.25) is 0 Å². The number of halogens is 2. The molecule has 80 heavy (non-hydrogen) atoms. The Labute approximate surface area is 459 Å². The molecule has 3 aromatic carbocycles. The highest BCUT2D eigenvalue weighted by Crippen LogP contribution is 2.37. The van der Waals surface area contributed by atoms with Gasteiger partial charge >= 0.3 is 0 Å². The lowest BCUT2D eigenvalue weighted by atomic mass is 9.88. The first kappa shape index (κ1) is 58.8. The quantitative estimate of drug-likeness (QED) is 0.0760. The van der Waals surface area contributed by atoms with Crippen LogP contribution in [0.1, 0.15) is 135 Å². The number of aliphatic hydroxyl groups is 1. The first-order valence-corrected chi connectivity index (χ1v) is 26.2. The summed E-state index contributed by atoms with van der Waals surface area (Å²) in [5.74, 6) is -5.61. The smallest absolute Gasteiger partial charge is 0.263 e. The summed E-state index contributed by atoms with van der Waals surface area (Å²) in [6, 6.07) is 27.8. The van der Waals surface area contributed by atoms with Crippen molar-refractivity contribution in [2.45, 2.75) is 109 Å². The maximum Gasteiger partial charge on any atom is 0.263 e. The van der Waals surface area contributed by atoms with E-state index >= 15 is 0 Å². The van der Waals surface area contributed by atoms with Gasteiger partial charge in [0.05, 0.1) is 42.4 Å². The van der Waals surface area contributed by atoms with Crippen molar-refractivity contribution in [1.82, 2.24) is 45.6 Å². The Morgan fingerprint density at radius 2 is 0.912 bits per heavy atom. The summed E-state index contributed by atoms with van der Waals surface area (Å²) in [6.45, 7) is 4.71. The Morgan fingerprint density at radius 1 is 0.525 bits per heavy atom. The first-order valence-electron chi connectivity index (χ1n) is 26.2. The molecule has 3 saturated carbocycles. The number of nitrogens with zero attached hydrogens (tertiary/aromatic N) is 3. The van der Waals surface area contributed by atoms with Crippen molar-refractivity contribution in [3.8, 4) is 0 Å². The van der Waals surface area contributed by atoms with Crippen LogP contribution in [-0.4, -0.2) is 106 Å². The fourth-order valence-corrected chi connectivity index (χ4v) is 9.07. The molecule has 3 aliphatic carbocycles. The molecule has 0 bridgehead atoms. The maximum atomic E-state index is 13.0. The molecule has 0 saturated heterocycles. The van der Waals surface area contributed by atoms with Crippen molar-refractivity contribution in [3.05, 3.63) is 208 Å². The van der Waals surface area contributed by atoms with Gasteiger partial charge in [-0.1, -0.05) is 84.4 Å². The van der Waals surface area contributed by atoms with Crippen LogP contribution in [0.5, 0.6) is 0 Å². The van der Waals surface area contributed by atoms with Crippen molar-refractivity contribution >= 4 is 35.4 Å². The van der Waals surface area contributed by atoms with Crippen LogP contribution in [0.15, 0.2) is 130 Å². The van der Waals surface area contributed by atoms with Gasteiger partial charge in [-0.25, -0.2) is 8.78 Å². The highest BCUT2D eigenvalue weighted by molar-refractivity contribution is 6.01. The van der Waals surface area contributed by atoms with E-state index in [1.54, 1.807) is 6.20 Å². The second kappa shape index (κ2) is 26.2. The zero-order valence-electron chi connectivity index (χ0n) is 45.1. The minimum Gasteiger partial charge on any atom is -0.393 e. The van der Waals surface area contributed by atoms with Gasteiger partial charge in [0.25, 0.3) is 58.0 Å². The topological polar surface area (TPSA) is 261 Å². The summed E-state index contributed by atoms with van der Waals surface area (Å²) < 4.78 is 30.0. The van der Waals surface area contributed by atoms with E-state index in [0.29, 0.717) is 24.9 Å². The number of rotatable bonds is 15. The van der Waals surface area contributed by atoms with Gasteiger partial charge in [-0.2, -0.15) is 0 Å². The lowest BCUT2D eigenvalue weighted by Gasteiger charge is -2.35. The zero-order chi connectivity index (χ0) is 57.8. The number of nitrogens with one attached hydrogen (secondary N) is 6. The van der Waals surface area contributed by atoms with Crippen LogP contribution in [-0.2, 0) is 19.6 Å². The predicted molar refractivity (Wildman–Crippen MR) is 295 cm³/mol. The van der Waals surface area contributed by atoms with Gasteiger partial charge in [-0.15, -0.1) is 0 Å². The van der Waals surface area contributed by atoms with E-state index in [2.05, 4.69) is 31.9 Å². The largest absolute Gasteiger partial charge is 0.393 e. The van der Waals surface area contributed by atoms with Crippen molar-refractivity contribution in [2.24, 2.45) is 0 Å². The molecular formula is C59H65F2N9O10. The molecule has 0 radical (unpaired) electrons. The van der Waals surface area contributed by atoms with Crippen LogP contribution in [0.2, 0.25) is 0 Å². The summed E-state index contributed by atoms with van der Waals surface area (Å²) in [5, 5.41) is 24.9. The lowest BCUT2D eigenvalue weighted by molar-refractivity contribution is -0.0901. The van der Waals surface area contributed by atoms with Gasteiger partial charge in [0, 0.05) is 70.7 Å². The third kappa shape index (κ3) is 15.0. The summed E-state index contributed by atoms with van der Waals surface area (Å²) >= 11 is 0. The first-order chi connectivity index (χ1) is 38.1. The average Bonchev–Trinajstić information content (AvgIpc) is 3.43. The SMILES string of the molecule is CNC(=O)c1cc(C(=O)NC2CC(F)(F)C2)cn(Cc2ccccc2)c1=O.CNC(=O)c1cc(C(=O)NC2CC(O)C2)cn(Cc2ccccc2)c1=O.CNC(=O)c1cc(C(=O)NC2CCC2)cn(Cc2cc(C)ccc2C)c1=O. The Bertz CT molecular complexity index is 3450. The third-order valence-electron chi connectivity index (χ3n) is 14.0. The van der Waals surface area contributed by atoms with Crippen LogP contribution in [0.4, 0.5) is 8.78 Å². The van der Waals surface area contributed by atoms with Crippen LogP contribution >= 0.6 is 0 Å². The summed E-state index contributed by atoms with van der Waals surface area (Å²) in [4.78, 5) is 112. The van der Waals surface area contributed by atoms with E-state index in [1.807, 2.05) is 92.7 Å². The van der Waals surface area contributed by atoms with E-state index in [0.717, 1.165) is 47.1 Å². The molecule has 6 aromatic rings. The highest BCUT2D eigenvalue weighted by atomic mass is 19.3. The van der Waals surface area contributed by atoms with Gasteiger partial charge in [0.1, 0.15) is 16.7 Å². The molecule has 3 aliphatic rings. The number of hydrogen-bond donors (Lipinski definition) is 7. The Hall–Kier alpha value is -8.85. The molecule has 3 fully saturated rings. The number of amides is 6. The van der Waals surface area contributed by atoms with E-state index < -0.39 is 65.1 Å². The molecule has 6 amide bonds. The third-order valence-corrected chi connectivity index (χ3v) is 14.0. The van der Waals surface area contributed by atoms with E-state index in [1.165, 1.54) is 65.4 Å². The average molecular weight is 1100 g/mol. The highest BCUT2D eigenvalue weighted by Gasteiger charge is 2.46. The van der Waals surface area contributed by atoms with Crippen molar-refractivity contribution in [2.75, 3.05) is 21.1 Å².